The normalized spacial score (nSPS) is 11.2. The molecular formula is C27H31ClN2O4. The number of rotatable bonds is 12. The maximum atomic E-state index is 12.4. The zero-order chi connectivity index (χ0) is 23.5. The summed E-state index contributed by atoms with van der Waals surface area (Å²) in [6, 6.07) is 24.3. The van der Waals surface area contributed by atoms with Gasteiger partial charge in [0.25, 0.3) is 5.91 Å². The van der Waals surface area contributed by atoms with Gasteiger partial charge in [-0.2, -0.15) is 0 Å². The van der Waals surface area contributed by atoms with Crippen molar-refractivity contribution < 1.29 is 19.4 Å². The highest BCUT2D eigenvalue weighted by Crippen LogP contribution is 2.19. The van der Waals surface area contributed by atoms with Crippen molar-refractivity contribution in [2.75, 3.05) is 19.7 Å². The van der Waals surface area contributed by atoms with Crippen LogP contribution in [0.2, 0.25) is 0 Å². The summed E-state index contributed by atoms with van der Waals surface area (Å²) in [6.07, 6.45) is 1.29. The van der Waals surface area contributed by atoms with E-state index >= 15 is 0 Å². The fourth-order valence-electron chi connectivity index (χ4n) is 3.40. The molecule has 0 bridgehead atoms. The number of ether oxygens (including phenoxy) is 1. The second kappa shape index (κ2) is 14.0. The Morgan fingerprint density at radius 3 is 2.15 bits per heavy atom. The molecule has 34 heavy (non-hydrogen) atoms. The maximum Gasteiger partial charge on any atom is 0.321 e. The van der Waals surface area contributed by atoms with Crippen molar-refractivity contribution in [1.82, 2.24) is 10.6 Å². The number of carboxylic acids is 1. The molecule has 0 aliphatic carbocycles. The number of hydrogen-bond acceptors (Lipinski definition) is 4. The van der Waals surface area contributed by atoms with Gasteiger partial charge in [-0.1, -0.05) is 61.5 Å². The first kappa shape index (κ1) is 26.9. The van der Waals surface area contributed by atoms with Crippen LogP contribution in [0.1, 0.15) is 29.3 Å². The lowest BCUT2D eigenvalue weighted by Crippen LogP contribution is -2.38. The molecule has 1 unspecified atom stereocenters. The summed E-state index contributed by atoms with van der Waals surface area (Å²) in [5.41, 5.74) is 3.70. The molecule has 3 rings (SSSR count). The highest BCUT2D eigenvalue weighted by molar-refractivity contribution is 5.94. The lowest BCUT2D eigenvalue weighted by molar-refractivity contribution is -0.139. The molecule has 3 aromatic carbocycles. The molecule has 1 atom stereocenters. The van der Waals surface area contributed by atoms with Gasteiger partial charge in [0.2, 0.25) is 0 Å². The Labute approximate surface area is 206 Å². The standard InChI is InChI=1S/C27H30N2O4.ClH/c1-2-16-28-25(27(31)32)19-20-8-14-24(15-9-20)33-18-17-29-26(30)23-12-10-22(11-13-23)21-6-4-3-5-7-21;/h3-15,25,28H,2,16-19H2,1H3,(H,29,30)(H,31,32);1H. The van der Waals surface area contributed by atoms with E-state index in [1.165, 1.54) is 0 Å². The first-order valence-corrected chi connectivity index (χ1v) is 11.2. The van der Waals surface area contributed by atoms with Crippen molar-refractivity contribution >= 4 is 24.3 Å². The fraction of sp³-hybridized carbons (Fsp3) is 0.259. The van der Waals surface area contributed by atoms with Crippen molar-refractivity contribution in [3.63, 3.8) is 0 Å². The lowest BCUT2D eigenvalue weighted by Gasteiger charge is -2.14. The van der Waals surface area contributed by atoms with Crippen LogP contribution in [0.25, 0.3) is 11.1 Å². The van der Waals surface area contributed by atoms with Crippen LogP contribution in [0, 0.1) is 0 Å². The number of hydrogen-bond donors (Lipinski definition) is 3. The molecule has 0 aromatic heterocycles. The molecule has 0 saturated heterocycles. The summed E-state index contributed by atoms with van der Waals surface area (Å²) in [5.74, 6) is -0.323. The second-order valence-electron chi connectivity index (χ2n) is 7.74. The highest BCUT2D eigenvalue weighted by Gasteiger charge is 2.16. The second-order valence-corrected chi connectivity index (χ2v) is 7.74. The smallest absolute Gasteiger partial charge is 0.321 e. The van der Waals surface area contributed by atoms with Gasteiger partial charge in [-0.3, -0.25) is 9.59 Å². The predicted octanol–water partition coefficient (Wildman–Crippen LogP) is 4.58. The van der Waals surface area contributed by atoms with Crippen LogP contribution < -0.4 is 15.4 Å². The molecule has 0 fully saturated rings. The molecule has 180 valence electrons. The number of benzene rings is 3. The lowest BCUT2D eigenvalue weighted by atomic mass is 10.0. The predicted molar refractivity (Wildman–Crippen MR) is 137 cm³/mol. The van der Waals surface area contributed by atoms with E-state index in [9.17, 15) is 14.7 Å². The summed E-state index contributed by atoms with van der Waals surface area (Å²) in [4.78, 5) is 23.7. The Balaban J connectivity index is 0.00000408. The third-order valence-corrected chi connectivity index (χ3v) is 5.21. The number of amides is 1. The molecular weight excluding hydrogens is 452 g/mol. The Morgan fingerprint density at radius 2 is 1.53 bits per heavy atom. The van der Waals surface area contributed by atoms with E-state index in [4.69, 9.17) is 4.74 Å². The van der Waals surface area contributed by atoms with E-state index in [1.54, 1.807) is 0 Å². The van der Waals surface area contributed by atoms with E-state index < -0.39 is 12.0 Å². The van der Waals surface area contributed by atoms with Crippen LogP contribution >= 0.6 is 12.4 Å². The highest BCUT2D eigenvalue weighted by atomic mass is 35.5. The summed E-state index contributed by atoms with van der Waals surface area (Å²) in [6.45, 7) is 3.38. The monoisotopic (exact) mass is 482 g/mol. The summed E-state index contributed by atoms with van der Waals surface area (Å²) < 4.78 is 5.69. The molecule has 7 heteroatoms. The summed E-state index contributed by atoms with van der Waals surface area (Å²) >= 11 is 0. The van der Waals surface area contributed by atoms with E-state index in [2.05, 4.69) is 10.6 Å². The number of nitrogens with one attached hydrogen (secondary N) is 2. The van der Waals surface area contributed by atoms with Crippen molar-refractivity contribution in [1.29, 1.82) is 0 Å². The molecule has 0 aliphatic rings. The van der Waals surface area contributed by atoms with Crippen molar-refractivity contribution in [3.05, 3.63) is 90.0 Å². The molecule has 3 N–H and O–H groups in total. The molecule has 0 aliphatic heterocycles. The third-order valence-electron chi connectivity index (χ3n) is 5.21. The van der Waals surface area contributed by atoms with Crippen molar-refractivity contribution in [2.24, 2.45) is 0 Å². The van der Waals surface area contributed by atoms with E-state index in [0.29, 0.717) is 37.4 Å². The van der Waals surface area contributed by atoms with Gasteiger partial charge in [-0.25, -0.2) is 0 Å². The third kappa shape index (κ3) is 8.21. The summed E-state index contributed by atoms with van der Waals surface area (Å²) in [7, 11) is 0. The van der Waals surface area contributed by atoms with Gasteiger partial charge in [0, 0.05) is 5.56 Å². The molecule has 0 spiro atoms. The molecule has 1 amide bonds. The first-order chi connectivity index (χ1) is 16.1. The average Bonchev–Trinajstić information content (AvgIpc) is 2.85. The van der Waals surface area contributed by atoms with Gasteiger partial charge < -0.3 is 20.5 Å². The zero-order valence-corrected chi connectivity index (χ0v) is 20.0. The minimum atomic E-state index is -0.853. The average molecular weight is 483 g/mol. The molecule has 0 radical (unpaired) electrons. The van der Waals surface area contributed by atoms with Gasteiger partial charge in [-0.05, 0) is 60.3 Å². The van der Waals surface area contributed by atoms with Gasteiger partial charge in [-0.15, -0.1) is 12.4 Å². The van der Waals surface area contributed by atoms with E-state index in [-0.39, 0.29) is 18.3 Å². The summed E-state index contributed by atoms with van der Waals surface area (Å²) in [5, 5.41) is 15.2. The van der Waals surface area contributed by atoms with E-state index in [0.717, 1.165) is 23.1 Å². The number of aliphatic carboxylic acids is 1. The van der Waals surface area contributed by atoms with Crippen LogP contribution in [-0.2, 0) is 11.2 Å². The van der Waals surface area contributed by atoms with Gasteiger partial charge in [0.15, 0.2) is 0 Å². The molecule has 0 heterocycles. The van der Waals surface area contributed by atoms with Crippen LogP contribution in [0.3, 0.4) is 0 Å². The van der Waals surface area contributed by atoms with Gasteiger partial charge in [0.1, 0.15) is 18.4 Å². The number of carbonyl (C=O) groups is 2. The molecule has 6 nitrogen and oxygen atoms in total. The van der Waals surface area contributed by atoms with Crippen LogP contribution in [0.15, 0.2) is 78.9 Å². The SMILES string of the molecule is CCCNC(Cc1ccc(OCCNC(=O)c2ccc(-c3ccccc3)cc2)cc1)C(=O)O.Cl. The van der Waals surface area contributed by atoms with Crippen LogP contribution in [-0.4, -0.2) is 42.7 Å². The Kier molecular flexibility index (Phi) is 11.1. The van der Waals surface area contributed by atoms with Crippen LogP contribution in [0.5, 0.6) is 5.75 Å². The minimum absolute atomic E-state index is 0. The maximum absolute atomic E-state index is 12.4. The molecule has 3 aromatic rings. The van der Waals surface area contributed by atoms with Gasteiger partial charge in [0.05, 0.1) is 6.54 Å². The van der Waals surface area contributed by atoms with Gasteiger partial charge >= 0.3 is 5.97 Å². The van der Waals surface area contributed by atoms with Crippen LogP contribution in [0.4, 0.5) is 0 Å². The number of carbonyl (C=O) groups excluding carboxylic acids is 1. The first-order valence-electron chi connectivity index (χ1n) is 11.2. The molecule has 0 saturated carbocycles. The minimum Gasteiger partial charge on any atom is -0.492 e. The van der Waals surface area contributed by atoms with E-state index in [1.807, 2.05) is 85.8 Å². The topological polar surface area (TPSA) is 87.7 Å². The fourth-order valence-corrected chi connectivity index (χ4v) is 3.40. The Hall–Kier alpha value is -3.35. The quantitative estimate of drug-likeness (QED) is 0.329. The zero-order valence-electron chi connectivity index (χ0n) is 19.2. The Bertz CT molecular complexity index is 1020. The van der Waals surface area contributed by atoms with Crippen molar-refractivity contribution in [2.45, 2.75) is 25.8 Å². The largest absolute Gasteiger partial charge is 0.492 e. The van der Waals surface area contributed by atoms with Crippen molar-refractivity contribution in [3.8, 4) is 16.9 Å². The number of carboxylic acid groups (broad SMARTS) is 1. The Morgan fingerprint density at radius 1 is 0.882 bits per heavy atom. The number of halogens is 1.